The first kappa shape index (κ1) is 13.5. The molecule has 0 spiro atoms. The van der Waals surface area contributed by atoms with Crippen LogP contribution < -0.4 is 16.0 Å². The Balaban J connectivity index is 2.39. The molecule has 0 aliphatic carbocycles. The molecule has 0 aromatic heterocycles. The molecule has 1 rings (SSSR count). The summed E-state index contributed by atoms with van der Waals surface area (Å²) in [6.45, 7) is 1.47. The van der Waals surface area contributed by atoms with Gasteiger partial charge in [0.05, 0.1) is 7.11 Å². The van der Waals surface area contributed by atoms with Crippen molar-refractivity contribution in [2.24, 2.45) is 5.84 Å². The van der Waals surface area contributed by atoms with E-state index in [-0.39, 0.29) is 5.91 Å². The number of benzene rings is 1. The number of nitrogens with one attached hydrogen (secondary N) is 1. The standard InChI is InChI=1S/C12H19N3O2/c1-15(8-7-12(16)14-13)9-10-3-5-11(17-2)6-4-10/h3-6H,7-9,13H2,1-2H3,(H,14,16). The zero-order valence-corrected chi connectivity index (χ0v) is 10.3. The first-order chi connectivity index (χ1) is 8.15. The normalized spacial score (nSPS) is 10.4. The molecule has 17 heavy (non-hydrogen) atoms. The minimum absolute atomic E-state index is 0.147. The molecule has 1 aromatic carbocycles. The number of carbonyl (C=O) groups excluding carboxylic acids is 1. The van der Waals surface area contributed by atoms with Crippen LogP contribution in [0.5, 0.6) is 5.75 Å². The summed E-state index contributed by atoms with van der Waals surface area (Å²) in [6.07, 6.45) is 0.406. The van der Waals surface area contributed by atoms with Gasteiger partial charge >= 0.3 is 0 Å². The van der Waals surface area contributed by atoms with Crippen LogP contribution in [0.3, 0.4) is 0 Å². The molecule has 5 heteroatoms. The van der Waals surface area contributed by atoms with E-state index in [1.165, 1.54) is 5.56 Å². The maximum absolute atomic E-state index is 11.0. The van der Waals surface area contributed by atoms with Crippen molar-refractivity contribution in [3.05, 3.63) is 29.8 Å². The fourth-order valence-electron chi connectivity index (χ4n) is 1.49. The Hall–Kier alpha value is -1.59. The molecule has 0 radical (unpaired) electrons. The molecule has 0 heterocycles. The predicted octanol–water partition coefficient (Wildman–Crippen LogP) is 0.507. The van der Waals surface area contributed by atoms with Gasteiger partial charge in [-0.1, -0.05) is 12.1 Å². The number of nitrogens with zero attached hydrogens (tertiary/aromatic N) is 1. The highest BCUT2D eigenvalue weighted by Gasteiger charge is 2.04. The third kappa shape index (κ3) is 4.84. The molecule has 0 aliphatic heterocycles. The number of nitrogens with two attached hydrogens (primary N) is 1. The van der Waals surface area contributed by atoms with Gasteiger partial charge in [0.25, 0.3) is 0 Å². The maximum atomic E-state index is 11.0. The van der Waals surface area contributed by atoms with Gasteiger partial charge in [0.1, 0.15) is 5.75 Å². The van der Waals surface area contributed by atoms with Crippen LogP contribution >= 0.6 is 0 Å². The molecule has 0 atom stereocenters. The van der Waals surface area contributed by atoms with Gasteiger partial charge in [-0.2, -0.15) is 0 Å². The van der Waals surface area contributed by atoms with Crippen molar-refractivity contribution in [1.29, 1.82) is 0 Å². The summed E-state index contributed by atoms with van der Waals surface area (Å²) >= 11 is 0. The molecule has 0 saturated carbocycles. The largest absolute Gasteiger partial charge is 0.497 e. The first-order valence-electron chi connectivity index (χ1n) is 5.46. The number of hydrazine groups is 1. The molecule has 0 aliphatic rings. The Morgan fingerprint density at radius 1 is 1.41 bits per heavy atom. The number of hydrogen-bond acceptors (Lipinski definition) is 4. The third-order valence-electron chi connectivity index (χ3n) is 2.49. The highest BCUT2D eigenvalue weighted by molar-refractivity contribution is 5.75. The lowest BCUT2D eigenvalue weighted by molar-refractivity contribution is -0.121. The van der Waals surface area contributed by atoms with Crippen molar-refractivity contribution < 1.29 is 9.53 Å². The van der Waals surface area contributed by atoms with Crippen LogP contribution in [0.15, 0.2) is 24.3 Å². The Bertz CT molecular complexity index is 351. The fraction of sp³-hybridized carbons (Fsp3) is 0.417. The quantitative estimate of drug-likeness (QED) is 0.430. The second-order valence-electron chi connectivity index (χ2n) is 3.90. The summed E-state index contributed by atoms with van der Waals surface area (Å²) in [5, 5.41) is 0. The summed E-state index contributed by atoms with van der Waals surface area (Å²) in [5.74, 6) is 5.71. The van der Waals surface area contributed by atoms with E-state index in [9.17, 15) is 4.79 Å². The summed E-state index contributed by atoms with van der Waals surface area (Å²) in [7, 11) is 3.61. The number of methoxy groups -OCH3 is 1. The molecule has 5 nitrogen and oxygen atoms in total. The van der Waals surface area contributed by atoms with Crippen molar-refractivity contribution in [2.75, 3.05) is 20.7 Å². The van der Waals surface area contributed by atoms with Gasteiger partial charge in [-0.15, -0.1) is 0 Å². The topological polar surface area (TPSA) is 67.6 Å². The van der Waals surface area contributed by atoms with Crippen molar-refractivity contribution in [3.63, 3.8) is 0 Å². The van der Waals surface area contributed by atoms with E-state index in [4.69, 9.17) is 10.6 Å². The van der Waals surface area contributed by atoms with Gasteiger partial charge in [0, 0.05) is 19.5 Å². The van der Waals surface area contributed by atoms with E-state index in [0.717, 1.165) is 12.3 Å². The molecular weight excluding hydrogens is 218 g/mol. The van der Waals surface area contributed by atoms with E-state index in [1.807, 2.05) is 31.3 Å². The fourth-order valence-corrected chi connectivity index (χ4v) is 1.49. The molecule has 1 amide bonds. The lowest BCUT2D eigenvalue weighted by atomic mass is 10.2. The molecular formula is C12H19N3O2. The minimum atomic E-state index is -0.147. The SMILES string of the molecule is COc1ccc(CN(C)CCC(=O)NN)cc1. The predicted molar refractivity (Wildman–Crippen MR) is 66.3 cm³/mol. The number of rotatable bonds is 6. The lowest BCUT2D eigenvalue weighted by Gasteiger charge is -2.16. The van der Waals surface area contributed by atoms with Crippen LogP contribution in [0.25, 0.3) is 0 Å². The smallest absolute Gasteiger partial charge is 0.235 e. The van der Waals surface area contributed by atoms with Crippen LogP contribution in [0, 0.1) is 0 Å². The van der Waals surface area contributed by atoms with Gasteiger partial charge in [0.15, 0.2) is 0 Å². The van der Waals surface area contributed by atoms with E-state index >= 15 is 0 Å². The van der Waals surface area contributed by atoms with E-state index < -0.39 is 0 Å². The first-order valence-corrected chi connectivity index (χ1v) is 5.46. The van der Waals surface area contributed by atoms with Gasteiger partial charge < -0.3 is 9.64 Å². The lowest BCUT2D eigenvalue weighted by Crippen LogP contribution is -2.33. The second-order valence-corrected chi connectivity index (χ2v) is 3.90. The summed E-state index contributed by atoms with van der Waals surface area (Å²) in [6, 6.07) is 7.88. The molecule has 1 aromatic rings. The van der Waals surface area contributed by atoms with Crippen molar-refractivity contribution >= 4 is 5.91 Å². The molecule has 0 fully saturated rings. The maximum Gasteiger partial charge on any atom is 0.235 e. The summed E-state index contributed by atoms with van der Waals surface area (Å²) < 4.78 is 5.09. The zero-order chi connectivity index (χ0) is 12.7. The van der Waals surface area contributed by atoms with Crippen LogP contribution in [0.1, 0.15) is 12.0 Å². The van der Waals surface area contributed by atoms with Gasteiger partial charge in [0.2, 0.25) is 5.91 Å². The molecule has 0 saturated heterocycles. The van der Waals surface area contributed by atoms with E-state index in [0.29, 0.717) is 13.0 Å². The van der Waals surface area contributed by atoms with Crippen LogP contribution in [-0.4, -0.2) is 31.5 Å². The summed E-state index contributed by atoms with van der Waals surface area (Å²) in [4.78, 5) is 13.0. The van der Waals surface area contributed by atoms with Crippen LogP contribution in [-0.2, 0) is 11.3 Å². The van der Waals surface area contributed by atoms with Crippen molar-refractivity contribution in [2.45, 2.75) is 13.0 Å². The number of carbonyl (C=O) groups is 1. The summed E-state index contributed by atoms with van der Waals surface area (Å²) in [5.41, 5.74) is 3.30. The van der Waals surface area contributed by atoms with Gasteiger partial charge in [-0.3, -0.25) is 10.2 Å². The molecule has 3 N–H and O–H groups in total. The monoisotopic (exact) mass is 237 g/mol. The third-order valence-corrected chi connectivity index (χ3v) is 2.49. The van der Waals surface area contributed by atoms with Crippen molar-refractivity contribution in [1.82, 2.24) is 10.3 Å². The highest BCUT2D eigenvalue weighted by atomic mass is 16.5. The Morgan fingerprint density at radius 2 is 2.06 bits per heavy atom. The average molecular weight is 237 g/mol. The number of amides is 1. The van der Waals surface area contributed by atoms with E-state index in [1.54, 1.807) is 7.11 Å². The Kier molecular flexibility index (Phi) is 5.45. The van der Waals surface area contributed by atoms with Gasteiger partial charge in [-0.25, -0.2) is 5.84 Å². The van der Waals surface area contributed by atoms with Gasteiger partial charge in [-0.05, 0) is 24.7 Å². The Labute approximate surface area is 102 Å². The minimum Gasteiger partial charge on any atom is -0.497 e. The molecule has 94 valence electrons. The zero-order valence-electron chi connectivity index (χ0n) is 10.3. The second kappa shape index (κ2) is 6.88. The highest BCUT2D eigenvalue weighted by Crippen LogP contribution is 2.12. The van der Waals surface area contributed by atoms with Crippen LogP contribution in [0.2, 0.25) is 0 Å². The number of ether oxygens (including phenoxy) is 1. The number of hydrogen-bond donors (Lipinski definition) is 2. The average Bonchev–Trinajstić information content (AvgIpc) is 2.36. The van der Waals surface area contributed by atoms with E-state index in [2.05, 4.69) is 10.3 Å². The molecule has 0 unspecified atom stereocenters. The Morgan fingerprint density at radius 3 is 2.59 bits per heavy atom. The molecule has 0 bridgehead atoms. The van der Waals surface area contributed by atoms with Crippen LogP contribution in [0.4, 0.5) is 0 Å². The van der Waals surface area contributed by atoms with Crippen molar-refractivity contribution in [3.8, 4) is 5.75 Å².